The van der Waals surface area contributed by atoms with Crippen molar-refractivity contribution in [1.29, 1.82) is 0 Å². The number of amides is 1. The molecule has 3 nitrogen and oxygen atoms in total. The molecule has 3 N–H and O–H groups in total. The van der Waals surface area contributed by atoms with E-state index >= 15 is 0 Å². The molecule has 0 radical (unpaired) electrons. The lowest BCUT2D eigenvalue weighted by Gasteiger charge is -2.17. The molecule has 1 aromatic rings. The number of nitrogens with one attached hydrogen (secondary N) is 1. The first-order chi connectivity index (χ1) is 8.04. The van der Waals surface area contributed by atoms with E-state index in [9.17, 15) is 4.79 Å². The van der Waals surface area contributed by atoms with Crippen molar-refractivity contribution in [1.82, 2.24) is 5.32 Å². The Morgan fingerprint density at radius 1 is 1.35 bits per heavy atom. The van der Waals surface area contributed by atoms with Crippen LogP contribution in [-0.2, 0) is 4.79 Å². The van der Waals surface area contributed by atoms with Gasteiger partial charge in [0.25, 0.3) is 0 Å². The van der Waals surface area contributed by atoms with Crippen LogP contribution in [0.15, 0.2) is 24.3 Å². The van der Waals surface area contributed by atoms with Crippen molar-refractivity contribution in [2.24, 2.45) is 5.73 Å². The maximum atomic E-state index is 11.7. The van der Waals surface area contributed by atoms with Gasteiger partial charge in [-0.25, -0.2) is 0 Å². The van der Waals surface area contributed by atoms with E-state index in [4.69, 9.17) is 5.73 Å². The molecule has 0 aromatic heterocycles. The summed E-state index contributed by atoms with van der Waals surface area (Å²) in [6.45, 7) is 6.04. The third-order valence-corrected chi connectivity index (χ3v) is 2.87. The van der Waals surface area contributed by atoms with E-state index < -0.39 is 6.04 Å². The lowest BCUT2D eigenvalue weighted by atomic mass is 10.1. The van der Waals surface area contributed by atoms with E-state index in [2.05, 4.69) is 5.32 Å². The Hall–Kier alpha value is -1.35. The third-order valence-electron chi connectivity index (χ3n) is 2.87. The highest BCUT2D eigenvalue weighted by molar-refractivity contribution is 5.81. The molecule has 1 amide bonds. The predicted molar refractivity (Wildman–Crippen MR) is 70.6 cm³/mol. The molecule has 0 spiro atoms. The molecule has 2 atom stereocenters. The Morgan fingerprint density at radius 2 is 1.94 bits per heavy atom. The largest absolute Gasteiger partial charge is 0.348 e. The molecule has 0 saturated heterocycles. The number of carbonyl (C=O) groups is 1. The van der Waals surface area contributed by atoms with Crippen molar-refractivity contribution in [2.75, 3.05) is 0 Å². The quantitative estimate of drug-likeness (QED) is 0.821. The summed E-state index contributed by atoms with van der Waals surface area (Å²) in [5.74, 6) is -0.0695. The molecule has 0 fully saturated rings. The van der Waals surface area contributed by atoms with E-state index in [0.29, 0.717) is 0 Å². The van der Waals surface area contributed by atoms with Crippen LogP contribution in [0.1, 0.15) is 43.9 Å². The van der Waals surface area contributed by atoms with Crippen molar-refractivity contribution in [3.63, 3.8) is 0 Å². The monoisotopic (exact) mass is 234 g/mol. The van der Waals surface area contributed by atoms with Gasteiger partial charge in [-0.2, -0.15) is 0 Å². The molecule has 0 aliphatic carbocycles. The number of hydrogen-bond acceptors (Lipinski definition) is 2. The summed E-state index contributed by atoms with van der Waals surface area (Å²) in [7, 11) is 0. The highest BCUT2D eigenvalue weighted by Gasteiger charge is 2.15. The first-order valence-electron chi connectivity index (χ1n) is 6.17. The van der Waals surface area contributed by atoms with Crippen LogP contribution in [0.4, 0.5) is 0 Å². The lowest BCUT2D eigenvalue weighted by Crippen LogP contribution is -2.41. The van der Waals surface area contributed by atoms with E-state index in [1.807, 2.05) is 45.0 Å². The van der Waals surface area contributed by atoms with Crippen molar-refractivity contribution in [3.8, 4) is 0 Å². The van der Waals surface area contributed by atoms with Gasteiger partial charge in [0, 0.05) is 0 Å². The summed E-state index contributed by atoms with van der Waals surface area (Å²) in [5.41, 5.74) is 8.09. The summed E-state index contributed by atoms with van der Waals surface area (Å²) in [6.07, 6.45) is 1.65. The molecule has 0 aliphatic rings. The van der Waals surface area contributed by atoms with Crippen LogP contribution in [0.5, 0.6) is 0 Å². The lowest BCUT2D eigenvalue weighted by molar-refractivity contribution is -0.123. The zero-order valence-electron chi connectivity index (χ0n) is 10.9. The minimum atomic E-state index is -0.395. The van der Waals surface area contributed by atoms with Gasteiger partial charge in [-0.05, 0) is 25.8 Å². The second-order valence-electron chi connectivity index (χ2n) is 4.54. The minimum Gasteiger partial charge on any atom is -0.348 e. The SMILES string of the molecule is CCC[C@@H](N)C(=O)N[C@H](C)c1ccc(C)cc1. The fourth-order valence-electron chi connectivity index (χ4n) is 1.70. The van der Waals surface area contributed by atoms with Gasteiger partial charge in [0.15, 0.2) is 0 Å². The number of nitrogens with two attached hydrogens (primary N) is 1. The van der Waals surface area contributed by atoms with Crippen LogP contribution in [-0.4, -0.2) is 11.9 Å². The molecule has 0 unspecified atom stereocenters. The first-order valence-corrected chi connectivity index (χ1v) is 6.17. The van der Waals surface area contributed by atoms with E-state index in [0.717, 1.165) is 18.4 Å². The Morgan fingerprint density at radius 3 is 2.47 bits per heavy atom. The van der Waals surface area contributed by atoms with Crippen molar-refractivity contribution >= 4 is 5.91 Å². The molecule has 94 valence electrons. The van der Waals surface area contributed by atoms with Gasteiger partial charge in [0.1, 0.15) is 0 Å². The van der Waals surface area contributed by atoms with Gasteiger partial charge in [-0.1, -0.05) is 43.2 Å². The molecule has 17 heavy (non-hydrogen) atoms. The molecule has 0 bridgehead atoms. The normalized spacial score (nSPS) is 14.1. The average Bonchev–Trinajstić information content (AvgIpc) is 2.30. The highest BCUT2D eigenvalue weighted by atomic mass is 16.2. The van der Waals surface area contributed by atoms with Crippen LogP contribution in [0.25, 0.3) is 0 Å². The molecule has 0 aliphatic heterocycles. The Balaban J connectivity index is 2.57. The van der Waals surface area contributed by atoms with Crippen LogP contribution in [0, 0.1) is 6.92 Å². The molecule has 3 heteroatoms. The maximum absolute atomic E-state index is 11.7. The highest BCUT2D eigenvalue weighted by Crippen LogP contribution is 2.13. The minimum absolute atomic E-state index is 0.00556. The Kier molecular flexibility index (Phi) is 5.16. The average molecular weight is 234 g/mol. The molecule has 0 heterocycles. The number of benzene rings is 1. The summed E-state index contributed by atoms with van der Waals surface area (Å²) < 4.78 is 0. The third kappa shape index (κ3) is 4.19. The number of rotatable bonds is 5. The molecular formula is C14H22N2O. The van der Waals surface area contributed by atoms with Crippen LogP contribution in [0.2, 0.25) is 0 Å². The summed E-state index contributed by atoms with van der Waals surface area (Å²) >= 11 is 0. The van der Waals surface area contributed by atoms with E-state index in [1.165, 1.54) is 5.56 Å². The fraction of sp³-hybridized carbons (Fsp3) is 0.500. The van der Waals surface area contributed by atoms with Crippen LogP contribution >= 0.6 is 0 Å². The van der Waals surface area contributed by atoms with Crippen molar-refractivity contribution in [3.05, 3.63) is 35.4 Å². The van der Waals surface area contributed by atoms with Crippen LogP contribution in [0.3, 0.4) is 0 Å². The first kappa shape index (κ1) is 13.7. The van der Waals surface area contributed by atoms with Gasteiger partial charge in [-0.15, -0.1) is 0 Å². The Bertz CT molecular complexity index is 359. The van der Waals surface area contributed by atoms with Gasteiger partial charge >= 0.3 is 0 Å². The maximum Gasteiger partial charge on any atom is 0.237 e. The molecule has 1 rings (SSSR count). The topological polar surface area (TPSA) is 55.1 Å². The zero-order valence-corrected chi connectivity index (χ0v) is 10.9. The number of aryl methyl sites for hydroxylation is 1. The van der Waals surface area contributed by atoms with Gasteiger partial charge in [-0.3, -0.25) is 4.79 Å². The molecular weight excluding hydrogens is 212 g/mol. The van der Waals surface area contributed by atoms with Gasteiger partial charge < -0.3 is 11.1 Å². The van der Waals surface area contributed by atoms with E-state index in [-0.39, 0.29) is 11.9 Å². The summed E-state index contributed by atoms with van der Waals surface area (Å²) in [4.78, 5) is 11.7. The fourth-order valence-corrected chi connectivity index (χ4v) is 1.70. The zero-order chi connectivity index (χ0) is 12.8. The smallest absolute Gasteiger partial charge is 0.237 e. The number of carbonyl (C=O) groups excluding carboxylic acids is 1. The standard InChI is InChI=1S/C14H22N2O/c1-4-5-13(15)14(17)16-11(3)12-8-6-10(2)7-9-12/h6-9,11,13H,4-5,15H2,1-3H3,(H,16,17)/t11-,13-/m1/s1. The number of hydrogen-bond donors (Lipinski definition) is 2. The molecule has 0 saturated carbocycles. The Labute approximate surface area is 103 Å². The summed E-state index contributed by atoms with van der Waals surface area (Å²) in [5, 5.41) is 2.94. The second-order valence-corrected chi connectivity index (χ2v) is 4.54. The van der Waals surface area contributed by atoms with Crippen molar-refractivity contribution in [2.45, 2.75) is 45.7 Å². The summed E-state index contributed by atoms with van der Waals surface area (Å²) in [6, 6.07) is 7.77. The molecule has 1 aromatic carbocycles. The van der Waals surface area contributed by atoms with E-state index in [1.54, 1.807) is 0 Å². The van der Waals surface area contributed by atoms with Gasteiger partial charge in [0.2, 0.25) is 5.91 Å². The van der Waals surface area contributed by atoms with Crippen LogP contribution < -0.4 is 11.1 Å². The van der Waals surface area contributed by atoms with Gasteiger partial charge in [0.05, 0.1) is 12.1 Å². The van der Waals surface area contributed by atoms with Crippen molar-refractivity contribution < 1.29 is 4.79 Å². The predicted octanol–water partition coefficient (Wildman–Crippen LogP) is 2.30. The second kappa shape index (κ2) is 6.40.